The summed E-state index contributed by atoms with van der Waals surface area (Å²) >= 11 is 0. The Morgan fingerprint density at radius 2 is 2.50 bits per heavy atom. The highest BCUT2D eigenvalue weighted by atomic mass is 16.2. The van der Waals surface area contributed by atoms with Gasteiger partial charge in [0, 0.05) is 12.6 Å². The molecule has 1 aromatic rings. The van der Waals surface area contributed by atoms with Crippen LogP contribution in [0, 0.1) is 5.92 Å². The SMILES string of the molecule is CC(C)CC(=O)N/N=C/c1ccc[nH]1. The molecule has 0 saturated carbocycles. The number of hydrogen-bond acceptors (Lipinski definition) is 2. The number of carbonyl (C=O) groups is 1. The summed E-state index contributed by atoms with van der Waals surface area (Å²) in [7, 11) is 0. The monoisotopic (exact) mass is 193 g/mol. The van der Waals surface area contributed by atoms with Crippen LogP contribution < -0.4 is 5.43 Å². The zero-order valence-electron chi connectivity index (χ0n) is 8.45. The molecule has 2 N–H and O–H groups in total. The highest BCUT2D eigenvalue weighted by Gasteiger charge is 2.01. The maximum Gasteiger partial charge on any atom is 0.240 e. The molecule has 1 amide bonds. The number of hydrogen-bond donors (Lipinski definition) is 2. The summed E-state index contributed by atoms with van der Waals surface area (Å²) in [6, 6.07) is 3.75. The fourth-order valence-electron chi connectivity index (χ4n) is 1.01. The number of hydrazone groups is 1. The minimum Gasteiger partial charge on any atom is -0.360 e. The Kier molecular flexibility index (Phi) is 3.91. The average molecular weight is 193 g/mol. The predicted molar refractivity (Wildman–Crippen MR) is 56.0 cm³/mol. The molecule has 0 bridgehead atoms. The van der Waals surface area contributed by atoms with Gasteiger partial charge in [-0.3, -0.25) is 4.79 Å². The maximum atomic E-state index is 11.1. The number of aromatic nitrogens is 1. The van der Waals surface area contributed by atoms with Crippen LogP contribution in [0.25, 0.3) is 0 Å². The predicted octanol–water partition coefficient (Wildman–Crippen LogP) is 1.51. The molecule has 0 aliphatic carbocycles. The van der Waals surface area contributed by atoms with E-state index in [0.717, 1.165) is 5.69 Å². The van der Waals surface area contributed by atoms with E-state index in [1.165, 1.54) is 0 Å². The lowest BCUT2D eigenvalue weighted by Gasteiger charge is -2.01. The molecule has 1 aromatic heterocycles. The Labute approximate surface area is 83.4 Å². The fraction of sp³-hybridized carbons (Fsp3) is 0.400. The quantitative estimate of drug-likeness (QED) is 0.552. The summed E-state index contributed by atoms with van der Waals surface area (Å²) in [6.07, 6.45) is 3.89. The van der Waals surface area contributed by atoms with E-state index in [-0.39, 0.29) is 5.91 Å². The van der Waals surface area contributed by atoms with Gasteiger partial charge in [-0.1, -0.05) is 13.8 Å². The fourth-order valence-corrected chi connectivity index (χ4v) is 1.01. The molecule has 1 heterocycles. The van der Waals surface area contributed by atoms with E-state index in [1.54, 1.807) is 12.4 Å². The zero-order valence-corrected chi connectivity index (χ0v) is 8.45. The van der Waals surface area contributed by atoms with Crippen LogP contribution in [-0.4, -0.2) is 17.1 Å². The van der Waals surface area contributed by atoms with Crippen molar-refractivity contribution in [3.63, 3.8) is 0 Å². The lowest BCUT2D eigenvalue weighted by Crippen LogP contribution is -2.19. The van der Waals surface area contributed by atoms with Crippen molar-refractivity contribution in [3.05, 3.63) is 24.0 Å². The molecular weight excluding hydrogens is 178 g/mol. The van der Waals surface area contributed by atoms with Gasteiger partial charge in [0.05, 0.1) is 11.9 Å². The first-order valence-corrected chi connectivity index (χ1v) is 4.64. The molecular formula is C10H15N3O. The van der Waals surface area contributed by atoms with Gasteiger partial charge in [-0.05, 0) is 18.1 Å². The van der Waals surface area contributed by atoms with Crippen molar-refractivity contribution < 1.29 is 4.79 Å². The highest BCUT2D eigenvalue weighted by molar-refractivity contribution is 5.80. The van der Waals surface area contributed by atoms with Gasteiger partial charge < -0.3 is 4.98 Å². The number of nitrogens with zero attached hydrogens (tertiary/aromatic N) is 1. The molecule has 0 aromatic carbocycles. The van der Waals surface area contributed by atoms with Crippen LogP contribution in [-0.2, 0) is 4.79 Å². The van der Waals surface area contributed by atoms with Crippen molar-refractivity contribution in [1.82, 2.24) is 10.4 Å². The van der Waals surface area contributed by atoms with Crippen molar-refractivity contribution >= 4 is 12.1 Å². The van der Waals surface area contributed by atoms with E-state index >= 15 is 0 Å². The second-order valence-electron chi connectivity index (χ2n) is 3.52. The third-order valence-electron chi connectivity index (χ3n) is 1.61. The number of aromatic amines is 1. The average Bonchev–Trinajstić information content (AvgIpc) is 2.55. The van der Waals surface area contributed by atoms with Crippen LogP contribution in [0.5, 0.6) is 0 Å². The second kappa shape index (κ2) is 5.21. The first kappa shape index (κ1) is 10.5. The van der Waals surface area contributed by atoms with Gasteiger partial charge in [0.1, 0.15) is 0 Å². The standard InChI is InChI=1S/C10H15N3O/c1-8(2)6-10(14)13-12-7-9-4-3-5-11-9/h3-5,7-8,11H,6H2,1-2H3,(H,13,14)/b12-7+. The second-order valence-corrected chi connectivity index (χ2v) is 3.52. The van der Waals surface area contributed by atoms with Crippen molar-refractivity contribution in [2.24, 2.45) is 11.0 Å². The summed E-state index contributed by atoms with van der Waals surface area (Å²) in [5, 5.41) is 3.81. The molecule has 0 unspecified atom stereocenters. The normalized spacial score (nSPS) is 11.1. The number of nitrogens with one attached hydrogen (secondary N) is 2. The Balaban J connectivity index is 2.30. The van der Waals surface area contributed by atoms with Crippen LogP contribution >= 0.6 is 0 Å². The van der Waals surface area contributed by atoms with Gasteiger partial charge in [-0.25, -0.2) is 5.43 Å². The topological polar surface area (TPSA) is 57.2 Å². The Hall–Kier alpha value is -1.58. The number of rotatable bonds is 4. The molecule has 0 aliphatic rings. The van der Waals surface area contributed by atoms with E-state index in [9.17, 15) is 4.79 Å². The van der Waals surface area contributed by atoms with Crippen molar-refractivity contribution in [2.45, 2.75) is 20.3 Å². The van der Waals surface area contributed by atoms with E-state index < -0.39 is 0 Å². The zero-order chi connectivity index (χ0) is 10.4. The smallest absolute Gasteiger partial charge is 0.240 e. The molecule has 1 rings (SSSR count). The molecule has 0 aliphatic heterocycles. The van der Waals surface area contributed by atoms with E-state index in [4.69, 9.17) is 0 Å². The van der Waals surface area contributed by atoms with Gasteiger partial charge in [0.25, 0.3) is 0 Å². The largest absolute Gasteiger partial charge is 0.360 e. The molecule has 14 heavy (non-hydrogen) atoms. The van der Waals surface area contributed by atoms with Crippen molar-refractivity contribution in [3.8, 4) is 0 Å². The molecule has 0 radical (unpaired) electrons. The first-order valence-electron chi connectivity index (χ1n) is 4.64. The summed E-state index contributed by atoms with van der Waals surface area (Å²) < 4.78 is 0. The van der Waals surface area contributed by atoms with Crippen molar-refractivity contribution in [1.29, 1.82) is 0 Å². The highest BCUT2D eigenvalue weighted by Crippen LogP contribution is 1.97. The molecule has 76 valence electrons. The minimum absolute atomic E-state index is 0.0530. The Bertz CT molecular complexity index is 301. The van der Waals surface area contributed by atoms with Crippen LogP contribution in [0.3, 0.4) is 0 Å². The van der Waals surface area contributed by atoms with Crippen LogP contribution in [0.2, 0.25) is 0 Å². The lowest BCUT2D eigenvalue weighted by molar-refractivity contribution is -0.121. The van der Waals surface area contributed by atoms with E-state index in [1.807, 2.05) is 26.0 Å². The van der Waals surface area contributed by atoms with Crippen LogP contribution in [0.4, 0.5) is 0 Å². The molecule has 0 saturated heterocycles. The van der Waals surface area contributed by atoms with Gasteiger partial charge in [-0.15, -0.1) is 0 Å². The summed E-state index contributed by atoms with van der Waals surface area (Å²) in [6.45, 7) is 3.99. The Morgan fingerprint density at radius 3 is 3.07 bits per heavy atom. The van der Waals surface area contributed by atoms with E-state index in [0.29, 0.717) is 12.3 Å². The molecule has 4 heteroatoms. The van der Waals surface area contributed by atoms with Crippen LogP contribution in [0.1, 0.15) is 26.0 Å². The summed E-state index contributed by atoms with van der Waals surface area (Å²) in [5.74, 6) is 0.304. The molecule has 4 nitrogen and oxygen atoms in total. The summed E-state index contributed by atoms with van der Waals surface area (Å²) in [5.41, 5.74) is 3.33. The first-order chi connectivity index (χ1) is 6.68. The van der Waals surface area contributed by atoms with Crippen molar-refractivity contribution in [2.75, 3.05) is 0 Å². The minimum atomic E-state index is -0.0530. The van der Waals surface area contributed by atoms with Gasteiger partial charge >= 0.3 is 0 Å². The number of H-pyrrole nitrogens is 1. The summed E-state index contributed by atoms with van der Waals surface area (Å²) in [4.78, 5) is 14.1. The number of carbonyl (C=O) groups excluding carboxylic acids is 1. The molecule has 0 spiro atoms. The lowest BCUT2D eigenvalue weighted by atomic mass is 10.1. The third-order valence-corrected chi connectivity index (χ3v) is 1.61. The Morgan fingerprint density at radius 1 is 1.71 bits per heavy atom. The number of amides is 1. The van der Waals surface area contributed by atoms with Gasteiger partial charge in [0.15, 0.2) is 0 Å². The van der Waals surface area contributed by atoms with Crippen LogP contribution in [0.15, 0.2) is 23.4 Å². The maximum absolute atomic E-state index is 11.1. The molecule has 0 atom stereocenters. The van der Waals surface area contributed by atoms with Gasteiger partial charge in [-0.2, -0.15) is 5.10 Å². The van der Waals surface area contributed by atoms with Gasteiger partial charge in [0.2, 0.25) is 5.91 Å². The third kappa shape index (κ3) is 3.89. The van der Waals surface area contributed by atoms with E-state index in [2.05, 4.69) is 15.5 Å². The molecule has 0 fully saturated rings.